The Balaban J connectivity index is 3.11. The molecule has 1 heterocycles. The third-order valence-corrected chi connectivity index (χ3v) is 1.74. The maximum atomic E-state index is 12.0. The standard InChI is InChI=1S/C5H2BrF5N2/c6-2-1(5(9,10)11)12-4(13-2)3(7)8/h3H,(H,12,13). The Bertz CT molecular complexity index is 304. The zero-order valence-corrected chi connectivity index (χ0v) is 7.38. The van der Waals surface area contributed by atoms with E-state index in [1.54, 1.807) is 0 Å². The summed E-state index contributed by atoms with van der Waals surface area (Å²) in [5, 5.41) is 0. The van der Waals surface area contributed by atoms with Crippen LogP contribution in [0.2, 0.25) is 0 Å². The molecule has 0 aliphatic rings. The van der Waals surface area contributed by atoms with Crippen molar-refractivity contribution in [2.75, 3.05) is 0 Å². The smallest absolute Gasteiger partial charge is 0.333 e. The molecule has 0 unspecified atom stereocenters. The van der Waals surface area contributed by atoms with Crippen molar-refractivity contribution in [3.8, 4) is 0 Å². The summed E-state index contributed by atoms with van der Waals surface area (Å²) in [5.41, 5.74) is -1.30. The lowest BCUT2D eigenvalue weighted by molar-refractivity contribution is -0.141. The molecule has 8 heteroatoms. The predicted molar refractivity (Wildman–Crippen MR) is 36.2 cm³/mol. The van der Waals surface area contributed by atoms with Gasteiger partial charge < -0.3 is 4.98 Å². The lowest BCUT2D eigenvalue weighted by Gasteiger charge is -2.02. The molecule has 0 bridgehead atoms. The summed E-state index contributed by atoms with van der Waals surface area (Å²) in [6.45, 7) is 0. The molecule has 13 heavy (non-hydrogen) atoms. The number of hydrogen-bond acceptors (Lipinski definition) is 1. The number of halogens is 6. The third-order valence-electron chi connectivity index (χ3n) is 1.17. The molecule has 0 spiro atoms. The molecule has 1 aromatic heterocycles. The molecule has 0 aliphatic carbocycles. The van der Waals surface area contributed by atoms with Gasteiger partial charge in [-0.2, -0.15) is 13.2 Å². The van der Waals surface area contributed by atoms with Gasteiger partial charge in [-0.25, -0.2) is 13.8 Å². The quantitative estimate of drug-likeness (QED) is 0.776. The molecule has 1 rings (SSSR count). The Morgan fingerprint density at radius 1 is 1.31 bits per heavy atom. The highest BCUT2D eigenvalue weighted by Gasteiger charge is 2.37. The van der Waals surface area contributed by atoms with Gasteiger partial charge in [0.25, 0.3) is 6.43 Å². The molecule has 2 nitrogen and oxygen atoms in total. The molecule has 1 aromatic rings. The van der Waals surface area contributed by atoms with E-state index in [0.29, 0.717) is 0 Å². The Labute approximate surface area is 77.3 Å². The minimum absolute atomic E-state index is 0.657. The highest BCUT2D eigenvalue weighted by atomic mass is 79.9. The summed E-state index contributed by atoms with van der Waals surface area (Å²) in [6.07, 6.45) is -7.76. The molecule has 0 saturated carbocycles. The molecule has 0 fully saturated rings. The van der Waals surface area contributed by atoms with E-state index in [1.807, 2.05) is 0 Å². The third kappa shape index (κ3) is 2.17. The van der Waals surface area contributed by atoms with E-state index in [2.05, 4.69) is 20.9 Å². The van der Waals surface area contributed by atoms with E-state index in [9.17, 15) is 22.0 Å². The number of rotatable bonds is 1. The van der Waals surface area contributed by atoms with Crippen molar-refractivity contribution in [2.24, 2.45) is 0 Å². The number of alkyl halides is 5. The normalized spacial score (nSPS) is 12.5. The van der Waals surface area contributed by atoms with Gasteiger partial charge in [-0.1, -0.05) is 0 Å². The molecule has 0 aromatic carbocycles. The van der Waals surface area contributed by atoms with Crippen molar-refractivity contribution < 1.29 is 22.0 Å². The van der Waals surface area contributed by atoms with Gasteiger partial charge in [-0.05, 0) is 15.9 Å². The van der Waals surface area contributed by atoms with E-state index >= 15 is 0 Å². The van der Waals surface area contributed by atoms with Crippen LogP contribution in [0, 0.1) is 0 Å². The lowest BCUT2D eigenvalue weighted by atomic mass is 10.5. The average Bonchev–Trinajstić information content (AvgIpc) is 2.29. The topological polar surface area (TPSA) is 28.7 Å². The van der Waals surface area contributed by atoms with Gasteiger partial charge in [0.2, 0.25) is 0 Å². The van der Waals surface area contributed by atoms with E-state index in [1.165, 1.54) is 4.98 Å². The van der Waals surface area contributed by atoms with Crippen LogP contribution in [0.25, 0.3) is 0 Å². The van der Waals surface area contributed by atoms with E-state index < -0.39 is 28.7 Å². The Morgan fingerprint density at radius 3 is 2.08 bits per heavy atom. The largest absolute Gasteiger partial charge is 0.433 e. The first-order valence-electron chi connectivity index (χ1n) is 2.93. The van der Waals surface area contributed by atoms with Crippen LogP contribution < -0.4 is 0 Å². The number of aromatic amines is 1. The first-order chi connectivity index (χ1) is 5.82. The van der Waals surface area contributed by atoms with Crippen LogP contribution >= 0.6 is 15.9 Å². The molecule has 0 radical (unpaired) electrons. The number of aromatic nitrogens is 2. The fourth-order valence-electron chi connectivity index (χ4n) is 0.660. The second-order valence-electron chi connectivity index (χ2n) is 2.09. The van der Waals surface area contributed by atoms with Crippen molar-refractivity contribution in [3.63, 3.8) is 0 Å². The van der Waals surface area contributed by atoms with Gasteiger partial charge >= 0.3 is 6.18 Å². The molecule has 1 N–H and O–H groups in total. The summed E-state index contributed by atoms with van der Waals surface area (Å²) in [4.78, 5) is 4.46. The molecule has 0 amide bonds. The van der Waals surface area contributed by atoms with Gasteiger partial charge in [0.1, 0.15) is 4.60 Å². The summed E-state index contributed by atoms with van der Waals surface area (Å²) >= 11 is 2.43. The van der Waals surface area contributed by atoms with Crippen molar-refractivity contribution >= 4 is 15.9 Å². The van der Waals surface area contributed by atoms with Crippen LogP contribution in [0.1, 0.15) is 17.9 Å². The van der Waals surface area contributed by atoms with Gasteiger partial charge in [0.05, 0.1) is 0 Å². The number of H-pyrrole nitrogens is 1. The fraction of sp³-hybridized carbons (Fsp3) is 0.400. The molecule has 0 atom stereocenters. The molecular weight excluding hydrogens is 263 g/mol. The molecule has 0 aliphatic heterocycles. The molecule has 74 valence electrons. The van der Waals surface area contributed by atoms with Gasteiger partial charge in [-0.3, -0.25) is 0 Å². The van der Waals surface area contributed by atoms with Crippen LogP contribution in [0.4, 0.5) is 22.0 Å². The molecular formula is C5H2BrF5N2. The second kappa shape index (κ2) is 3.24. The van der Waals surface area contributed by atoms with Crippen LogP contribution in [-0.4, -0.2) is 9.97 Å². The second-order valence-corrected chi connectivity index (χ2v) is 2.84. The zero-order valence-electron chi connectivity index (χ0n) is 5.79. The summed E-state index contributed by atoms with van der Waals surface area (Å²) in [7, 11) is 0. The Kier molecular flexibility index (Phi) is 2.60. The fourth-order valence-corrected chi connectivity index (χ4v) is 1.18. The number of hydrogen-bond donors (Lipinski definition) is 1. The Morgan fingerprint density at radius 2 is 1.85 bits per heavy atom. The summed E-state index contributed by atoms with van der Waals surface area (Å²) < 4.78 is 59.0. The van der Waals surface area contributed by atoms with Crippen molar-refractivity contribution in [3.05, 3.63) is 16.1 Å². The first kappa shape index (κ1) is 10.4. The first-order valence-corrected chi connectivity index (χ1v) is 3.72. The average molecular weight is 265 g/mol. The van der Waals surface area contributed by atoms with Crippen LogP contribution in [0.5, 0.6) is 0 Å². The minimum Gasteiger partial charge on any atom is -0.333 e. The molecule has 0 saturated heterocycles. The monoisotopic (exact) mass is 264 g/mol. The van der Waals surface area contributed by atoms with E-state index in [-0.39, 0.29) is 0 Å². The van der Waals surface area contributed by atoms with Crippen molar-refractivity contribution in [2.45, 2.75) is 12.6 Å². The van der Waals surface area contributed by atoms with Crippen molar-refractivity contribution in [1.82, 2.24) is 9.97 Å². The van der Waals surface area contributed by atoms with Crippen LogP contribution in [0.15, 0.2) is 4.60 Å². The van der Waals surface area contributed by atoms with Crippen molar-refractivity contribution in [1.29, 1.82) is 0 Å². The SMILES string of the molecule is FC(F)c1nc(Br)c(C(F)(F)F)[nH]1. The maximum absolute atomic E-state index is 12.0. The highest BCUT2D eigenvalue weighted by molar-refractivity contribution is 9.10. The zero-order chi connectivity index (χ0) is 10.2. The van der Waals surface area contributed by atoms with Gasteiger partial charge in [-0.15, -0.1) is 0 Å². The van der Waals surface area contributed by atoms with Gasteiger partial charge in [0.15, 0.2) is 11.5 Å². The lowest BCUT2D eigenvalue weighted by Crippen LogP contribution is -2.06. The van der Waals surface area contributed by atoms with Crippen LogP contribution in [-0.2, 0) is 6.18 Å². The summed E-state index contributed by atoms with van der Waals surface area (Å²) in [5.74, 6) is -1.00. The Hall–Kier alpha value is -0.660. The van der Waals surface area contributed by atoms with E-state index in [0.717, 1.165) is 0 Å². The minimum atomic E-state index is -4.71. The predicted octanol–water partition coefficient (Wildman–Crippen LogP) is 3.13. The summed E-state index contributed by atoms with van der Waals surface area (Å²) in [6, 6.07) is 0. The van der Waals surface area contributed by atoms with E-state index in [4.69, 9.17) is 0 Å². The number of nitrogens with one attached hydrogen (secondary N) is 1. The highest BCUT2D eigenvalue weighted by Crippen LogP contribution is 2.34. The number of imidazole rings is 1. The number of nitrogens with zero attached hydrogens (tertiary/aromatic N) is 1. The maximum Gasteiger partial charge on any atom is 0.433 e. The van der Waals surface area contributed by atoms with Gasteiger partial charge in [0, 0.05) is 0 Å². The van der Waals surface area contributed by atoms with Crippen LogP contribution in [0.3, 0.4) is 0 Å².